The summed E-state index contributed by atoms with van der Waals surface area (Å²) >= 11 is 0. The van der Waals surface area contributed by atoms with Crippen LogP contribution in [-0.2, 0) is 0 Å². The van der Waals surface area contributed by atoms with Crippen LogP contribution in [0.2, 0.25) is 0 Å². The minimum Gasteiger partial charge on any atom is -0.379 e. The lowest BCUT2D eigenvalue weighted by molar-refractivity contribution is 0.282. The van der Waals surface area contributed by atoms with Crippen molar-refractivity contribution in [3.05, 3.63) is 29.8 Å². The first-order chi connectivity index (χ1) is 7.79. The van der Waals surface area contributed by atoms with E-state index >= 15 is 0 Å². The molecule has 1 atom stereocenters. The van der Waals surface area contributed by atoms with Gasteiger partial charge in [0.05, 0.1) is 0 Å². The average Bonchev–Trinajstić information content (AvgIpc) is 2.30. The molecule has 0 unspecified atom stereocenters. The quantitative estimate of drug-likeness (QED) is 0.680. The lowest BCUT2D eigenvalue weighted by atomic mass is 9.72. The van der Waals surface area contributed by atoms with Crippen molar-refractivity contribution in [2.24, 2.45) is 0 Å². The molecule has 1 aromatic rings. The van der Waals surface area contributed by atoms with Crippen LogP contribution >= 0.6 is 0 Å². The summed E-state index contributed by atoms with van der Waals surface area (Å²) in [6.07, 6.45) is 8.30. The first kappa shape index (κ1) is 10.2. The van der Waals surface area contributed by atoms with Crippen molar-refractivity contribution < 1.29 is 0 Å². The smallest absolute Gasteiger partial charge is 0.0379 e. The maximum Gasteiger partial charge on any atom is 0.0379 e. The molecule has 16 heavy (non-hydrogen) atoms. The van der Waals surface area contributed by atoms with Gasteiger partial charge in [0.1, 0.15) is 0 Å². The maximum absolute atomic E-state index is 3.84. The number of rotatable bonds is 0. The Kier molecular flexibility index (Phi) is 2.42. The van der Waals surface area contributed by atoms with Crippen LogP contribution in [0, 0.1) is 0 Å². The van der Waals surface area contributed by atoms with E-state index in [1.165, 1.54) is 49.8 Å². The maximum atomic E-state index is 3.84. The molecule has 3 rings (SSSR count). The molecule has 0 saturated heterocycles. The molecule has 0 aromatic heterocycles. The fourth-order valence-corrected chi connectivity index (χ4v) is 3.63. The highest BCUT2D eigenvalue weighted by atomic mass is 15.0. The van der Waals surface area contributed by atoms with E-state index in [9.17, 15) is 0 Å². The van der Waals surface area contributed by atoms with E-state index < -0.39 is 0 Å². The molecular formula is C15H21N. The lowest BCUT2D eigenvalue weighted by Gasteiger charge is -2.45. The van der Waals surface area contributed by atoms with Gasteiger partial charge in [-0.15, -0.1) is 0 Å². The summed E-state index contributed by atoms with van der Waals surface area (Å²) < 4.78 is 0. The Hall–Kier alpha value is -0.980. The van der Waals surface area contributed by atoms with E-state index in [-0.39, 0.29) is 0 Å². The van der Waals surface area contributed by atoms with Gasteiger partial charge in [-0.3, -0.25) is 0 Å². The van der Waals surface area contributed by atoms with Crippen LogP contribution in [0.1, 0.15) is 56.9 Å². The molecule has 1 N–H and O–H groups in total. The van der Waals surface area contributed by atoms with Gasteiger partial charge in [0.2, 0.25) is 0 Å². The summed E-state index contributed by atoms with van der Waals surface area (Å²) in [6, 6.07) is 8.85. The van der Waals surface area contributed by atoms with Crippen LogP contribution in [0.25, 0.3) is 0 Å². The van der Waals surface area contributed by atoms with Crippen molar-refractivity contribution in [3.8, 4) is 0 Å². The standard InChI is InChI=1S/C15H21N/c1-12-11-15(9-5-2-6-10-15)16-14-8-4-3-7-13(12)14/h3-4,7-8,12,16H,2,5-6,9-11H2,1H3/t12-/m1/s1. The molecule has 86 valence electrons. The van der Waals surface area contributed by atoms with Gasteiger partial charge >= 0.3 is 0 Å². The molecule has 1 aliphatic heterocycles. The second-order valence-electron chi connectivity index (χ2n) is 5.66. The van der Waals surface area contributed by atoms with E-state index in [0.29, 0.717) is 5.54 Å². The predicted octanol–water partition coefficient (Wildman–Crippen LogP) is 4.31. The molecule has 0 bridgehead atoms. The third-order valence-corrected chi connectivity index (χ3v) is 4.40. The van der Waals surface area contributed by atoms with Crippen molar-refractivity contribution in [2.75, 3.05) is 5.32 Å². The van der Waals surface area contributed by atoms with Gasteiger partial charge in [0.25, 0.3) is 0 Å². The summed E-state index contributed by atoms with van der Waals surface area (Å²) in [5.41, 5.74) is 3.33. The molecule has 1 nitrogen and oxygen atoms in total. The Bertz CT molecular complexity index is 377. The van der Waals surface area contributed by atoms with Crippen molar-refractivity contribution in [2.45, 2.75) is 56.9 Å². The topological polar surface area (TPSA) is 12.0 Å². The highest BCUT2D eigenvalue weighted by Crippen LogP contribution is 2.44. The molecule has 1 fully saturated rings. The van der Waals surface area contributed by atoms with Crippen LogP contribution in [0.15, 0.2) is 24.3 Å². The van der Waals surface area contributed by atoms with Gasteiger partial charge in [0, 0.05) is 11.2 Å². The zero-order chi connectivity index (χ0) is 11.0. The zero-order valence-electron chi connectivity index (χ0n) is 10.1. The number of para-hydroxylation sites is 1. The largest absolute Gasteiger partial charge is 0.379 e. The molecule has 0 amide bonds. The van der Waals surface area contributed by atoms with E-state index in [0.717, 1.165) is 5.92 Å². The number of hydrogen-bond donors (Lipinski definition) is 1. The van der Waals surface area contributed by atoms with Crippen molar-refractivity contribution in [1.29, 1.82) is 0 Å². The van der Waals surface area contributed by atoms with Gasteiger partial charge in [-0.2, -0.15) is 0 Å². The van der Waals surface area contributed by atoms with Gasteiger partial charge < -0.3 is 5.32 Å². The normalized spacial score (nSPS) is 27.2. The van der Waals surface area contributed by atoms with Crippen LogP contribution in [0.5, 0.6) is 0 Å². The van der Waals surface area contributed by atoms with Gasteiger partial charge in [-0.1, -0.05) is 44.4 Å². The van der Waals surface area contributed by atoms with E-state index in [4.69, 9.17) is 0 Å². The molecule has 1 heterocycles. The SMILES string of the molecule is C[C@@H]1CC2(CCCCC2)Nc2ccccc21. The van der Waals surface area contributed by atoms with Crippen LogP contribution in [-0.4, -0.2) is 5.54 Å². The number of hydrogen-bond acceptors (Lipinski definition) is 1. The summed E-state index contributed by atoms with van der Waals surface area (Å²) in [6.45, 7) is 2.38. The first-order valence-electron chi connectivity index (χ1n) is 6.66. The predicted molar refractivity (Wildman–Crippen MR) is 68.9 cm³/mol. The molecule has 1 aromatic carbocycles. The van der Waals surface area contributed by atoms with Crippen LogP contribution < -0.4 is 5.32 Å². The number of nitrogens with one attached hydrogen (secondary N) is 1. The molecule has 0 radical (unpaired) electrons. The van der Waals surface area contributed by atoms with Gasteiger partial charge in [-0.05, 0) is 36.8 Å². The summed E-state index contributed by atoms with van der Waals surface area (Å²) in [5.74, 6) is 0.718. The Morgan fingerprint density at radius 3 is 2.69 bits per heavy atom. The highest BCUT2D eigenvalue weighted by molar-refractivity contribution is 5.57. The van der Waals surface area contributed by atoms with Crippen LogP contribution in [0.4, 0.5) is 5.69 Å². The molecule has 1 heteroatoms. The summed E-state index contributed by atoms with van der Waals surface area (Å²) in [7, 11) is 0. The number of benzene rings is 1. The van der Waals surface area contributed by atoms with Crippen LogP contribution in [0.3, 0.4) is 0 Å². The Morgan fingerprint density at radius 1 is 1.12 bits per heavy atom. The molecular weight excluding hydrogens is 194 g/mol. The van der Waals surface area contributed by atoms with Crippen molar-refractivity contribution in [3.63, 3.8) is 0 Å². The Balaban J connectivity index is 1.93. The summed E-state index contributed by atoms with van der Waals surface area (Å²) in [4.78, 5) is 0. The number of anilines is 1. The molecule has 2 aliphatic rings. The fraction of sp³-hybridized carbons (Fsp3) is 0.600. The Labute approximate surface area is 98.3 Å². The third kappa shape index (κ3) is 1.63. The average molecular weight is 215 g/mol. The van der Waals surface area contributed by atoms with Gasteiger partial charge in [-0.25, -0.2) is 0 Å². The highest BCUT2D eigenvalue weighted by Gasteiger charge is 2.37. The monoisotopic (exact) mass is 215 g/mol. The van der Waals surface area contributed by atoms with E-state index in [1.54, 1.807) is 0 Å². The molecule has 1 spiro atoms. The lowest BCUT2D eigenvalue weighted by Crippen LogP contribution is -2.44. The Morgan fingerprint density at radius 2 is 1.88 bits per heavy atom. The molecule has 1 aliphatic carbocycles. The zero-order valence-corrected chi connectivity index (χ0v) is 10.1. The first-order valence-corrected chi connectivity index (χ1v) is 6.66. The van der Waals surface area contributed by atoms with Gasteiger partial charge in [0.15, 0.2) is 0 Å². The van der Waals surface area contributed by atoms with E-state index in [2.05, 4.69) is 36.5 Å². The molecule has 1 saturated carbocycles. The van der Waals surface area contributed by atoms with Crippen molar-refractivity contribution in [1.82, 2.24) is 0 Å². The second kappa shape index (κ2) is 3.80. The van der Waals surface area contributed by atoms with E-state index in [1.807, 2.05) is 0 Å². The fourth-order valence-electron chi connectivity index (χ4n) is 3.63. The second-order valence-corrected chi connectivity index (χ2v) is 5.66. The third-order valence-electron chi connectivity index (χ3n) is 4.40. The minimum absolute atomic E-state index is 0.423. The van der Waals surface area contributed by atoms with Crippen molar-refractivity contribution >= 4 is 5.69 Å². The number of fused-ring (bicyclic) bond motifs is 1. The minimum atomic E-state index is 0.423. The summed E-state index contributed by atoms with van der Waals surface area (Å²) in [5, 5.41) is 3.84.